The van der Waals surface area contributed by atoms with Crippen molar-refractivity contribution in [2.24, 2.45) is 0 Å². The van der Waals surface area contributed by atoms with E-state index in [1.165, 1.54) is 36.4 Å². The first-order valence-electron chi connectivity index (χ1n) is 6.04. The lowest BCUT2D eigenvalue weighted by molar-refractivity contribution is 0.0993. The summed E-state index contributed by atoms with van der Waals surface area (Å²) in [6.45, 7) is 0. The molecule has 0 atom stereocenters. The second-order valence-electron chi connectivity index (χ2n) is 4.67. The maximum Gasteiger partial charge on any atom is 0.175 e. The zero-order chi connectivity index (χ0) is 15.6. The quantitative estimate of drug-likeness (QED) is 0.774. The van der Waals surface area contributed by atoms with E-state index in [9.17, 15) is 17.6 Å². The fraction of sp³-hybridized carbons (Fsp3) is 0.133. The first kappa shape index (κ1) is 15.9. The third kappa shape index (κ3) is 4.22. The summed E-state index contributed by atoms with van der Waals surface area (Å²) in [6.07, 6.45) is 1.16. The minimum Gasteiger partial charge on any atom is -0.294 e. The molecule has 0 bridgehead atoms. The minimum atomic E-state index is -3.28. The average molecular weight is 371 g/mol. The molecule has 0 fully saturated rings. The van der Waals surface area contributed by atoms with Gasteiger partial charge in [-0.2, -0.15) is 0 Å². The molecule has 0 radical (unpaired) electrons. The van der Waals surface area contributed by atoms with E-state index in [-0.39, 0.29) is 17.1 Å². The van der Waals surface area contributed by atoms with Crippen molar-refractivity contribution < 1.29 is 17.6 Å². The molecule has 0 spiro atoms. The standard InChI is InChI=1S/C15H12BrFO3S/c1-21(19,20)14-4-2-11(3-5-14)15(18)8-10-6-12(16)9-13(17)7-10/h2-7,9H,8H2,1H3. The van der Waals surface area contributed by atoms with Gasteiger partial charge < -0.3 is 0 Å². The summed E-state index contributed by atoms with van der Waals surface area (Å²) in [4.78, 5) is 12.3. The van der Waals surface area contributed by atoms with Crippen molar-refractivity contribution in [3.63, 3.8) is 0 Å². The van der Waals surface area contributed by atoms with Crippen LogP contribution in [0.2, 0.25) is 0 Å². The van der Waals surface area contributed by atoms with E-state index in [4.69, 9.17) is 0 Å². The third-order valence-corrected chi connectivity index (χ3v) is 4.48. The van der Waals surface area contributed by atoms with Gasteiger partial charge in [0.1, 0.15) is 5.82 Å². The van der Waals surface area contributed by atoms with E-state index in [0.29, 0.717) is 15.6 Å². The topological polar surface area (TPSA) is 51.2 Å². The summed E-state index contributed by atoms with van der Waals surface area (Å²) >= 11 is 3.17. The fourth-order valence-electron chi connectivity index (χ4n) is 1.89. The predicted molar refractivity (Wildman–Crippen MR) is 81.7 cm³/mol. The van der Waals surface area contributed by atoms with Gasteiger partial charge in [0.15, 0.2) is 15.6 Å². The van der Waals surface area contributed by atoms with Crippen LogP contribution in [0.3, 0.4) is 0 Å². The minimum absolute atomic E-state index is 0.0502. The van der Waals surface area contributed by atoms with Crippen molar-refractivity contribution in [1.82, 2.24) is 0 Å². The van der Waals surface area contributed by atoms with E-state index in [2.05, 4.69) is 15.9 Å². The zero-order valence-electron chi connectivity index (χ0n) is 11.1. The van der Waals surface area contributed by atoms with Gasteiger partial charge in [-0.15, -0.1) is 0 Å². The molecule has 0 aliphatic rings. The molecule has 0 N–H and O–H groups in total. The smallest absolute Gasteiger partial charge is 0.175 e. The van der Waals surface area contributed by atoms with Gasteiger partial charge in [-0.05, 0) is 35.9 Å². The van der Waals surface area contributed by atoms with Crippen LogP contribution in [0.4, 0.5) is 4.39 Å². The van der Waals surface area contributed by atoms with E-state index in [1.807, 2.05) is 0 Å². The number of sulfone groups is 1. The number of benzene rings is 2. The molecule has 0 unspecified atom stereocenters. The highest BCUT2D eigenvalue weighted by Gasteiger charge is 2.11. The molecule has 6 heteroatoms. The van der Waals surface area contributed by atoms with Gasteiger partial charge in [0.2, 0.25) is 0 Å². The van der Waals surface area contributed by atoms with Crippen LogP contribution in [0.1, 0.15) is 15.9 Å². The molecule has 3 nitrogen and oxygen atoms in total. The Bertz CT molecular complexity index is 763. The van der Waals surface area contributed by atoms with Crippen LogP contribution >= 0.6 is 15.9 Å². The molecule has 2 rings (SSSR count). The second-order valence-corrected chi connectivity index (χ2v) is 7.61. The SMILES string of the molecule is CS(=O)(=O)c1ccc(C(=O)Cc2cc(F)cc(Br)c2)cc1. The number of ketones is 1. The van der Waals surface area contributed by atoms with Gasteiger partial charge in [0.25, 0.3) is 0 Å². The van der Waals surface area contributed by atoms with Crippen molar-refractivity contribution in [3.8, 4) is 0 Å². The third-order valence-electron chi connectivity index (χ3n) is 2.89. The summed E-state index contributed by atoms with van der Waals surface area (Å²) < 4.78 is 36.5. The van der Waals surface area contributed by atoms with E-state index < -0.39 is 15.7 Å². The molecule has 110 valence electrons. The maximum absolute atomic E-state index is 13.3. The van der Waals surface area contributed by atoms with Crippen LogP contribution in [0.25, 0.3) is 0 Å². The van der Waals surface area contributed by atoms with Crippen LogP contribution in [0, 0.1) is 5.82 Å². The Kier molecular flexibility index (Phi) is 4.58. The van der Waals surface area contributed by atoms with Crippen LogP contribution in [-0.2, 0) is 16.3 Å². The van der Waals surface area contributed by atoms with Gasteiger partial charge >= 0.3 is 0 Å². The predicted octanol–water partition coefficient (Wildman–Crippen LogP) is 3.42. The highest BCUT2D eigenvalue weighted by molar-refractivity contribution is 9.10. The molecule has 0 aliphatic heterocycles. The largest absolute Gasteiger partial charge is 0.294 e. The van der Waals surface area contributed by atoms with Gasteiger partial charge in [-0.3, -0.25) is 4.79 Å². The van der Waals surface area contributed by atoms with E-state index >= 15 is 0 Å². The highest BCUT2D eigenvalue weighted by atomic mass is 79.9. The lowest BCUT2D eigenvalue weighted by Crippen LogP contribution is -2.05. The van der Waals surface area contributed by atoms with Crippen LogP contribution in [0.5, 0.6) is 0 Å². The highest BCUT2D eigenvalue weighted by Crippen LogP contribution is 2.17. The normalized spacial score (nSPS) is 11.4. The summed E-state index contributed by atoms with van der Waals surface area (Å²) in [5.41, 5.74) is 0.946. The van der Waals surface area contributed by atoms with E-state index in [1.54, 1.807) is 6.07 Å². The number of hydrogen-bond donors (Lipinski definition) is 0. The fourth-order valence-corrected chi connectivity index (χ4v) is 3.03. The number of hydrogen-bond acceptors (Lipinski definition) is 3. The lowest BCUT2D eigenvalue weighted by atomic mass is 10.0. The second kappa shape index (κ2) is 6.07. The van der Waals surface area contributed by atoms with Gasteiger partial charge in [-0.25, -0.2) is 12.8 Å². The summed E-state index contributed by atoms with van der Waals surface area (Å²) in [5, 5.41) is 0. The zero-order valence-corrected chi connectivity index (χ0v) is 13.5. The average Bonchev–Trinajstić information content (AvgIpc) is 2.36. The number of carbonyl (C=O) groups excluding carboxylic acids is 1. The molecule has 2 aromatic rings. The number of rotatable bonds is 4. The molecular weight excluding hydrogens is 359 g/mol. The Balaban J connectivity index is 2.20. The molecule has 0 heterocycles. The Morgan fingerprint density at radius 1 is 1.14 bits per heavy atom. The summed E-state index contributed by atoms with van der Waals surface area (Å²) in [5.74, 6) is -0.618. The van der Waals surface area contributed by atoms with Crippen LogP contribution in [0.15, 0.2) is 51.8 Å². The molecule has 2 aromatic carbocycles. The number of halogens is 2. The first-order chi connectivity index (χ1) is 9.75. The Hall–Kier alpha value is -1.53. The molecular formula is C15H12BrFO3S. The number of Topliss-reactive ketones (excluding diaryl/α,β-unsaturated/α-hetero) is 1. The first-order valence-corrected chi connectivity index (χ1v) is 8.72. The van der Waals surface area contributed by atoms with Crippen molar-refractivity contribution in [2.45, 2.75) is 11.3 Å². The molecule has 0 aliphatic carbocycles. The van der Waals surface area contributed by atoms with Crippen molar-refractivity contribution in [2.75, 3.05) is 6.26 Å². The monoisotopic (exact) mass is 370 g/mol. The number of carbonyl (C=O) groups is 1. The molecule has 0 saturated heterocycles. The van der Waals surface area contributed by atoms with Gasteiger partial charge in [0.05, 0.1) is 4.90 Å². The van der Waals surface area contributed by atoms with Crippen LogP contribution < -0.4 is 0 Å². The van der Waals surface area contributed by atoms with Crippen molar-refractivity contribution in [1.29, 1.82) is 0 Å². The summed E-state index contributed by atoms with van der Waals surface area (Å²) in [6, 6.07) is 10.0. The lowest BCUT2D eigenvalue weighted by Gasteiger charge is -2.04. The molecule has 0 aromatic heterocycles. The van der Waals surface area contributed by atoms with Crippen molar-refractivity contribution in [3.05, 3.63) is 63.9 Å². The van der Waals surface area contributed by atoms with Gasteiger partial charge in [-0.1, -0.05) is 28.1 Å². The van der Waals surface area contributed by atoms with Crippen molar-refractivity contribution >= 4 is 31.6 Å². The Morgan fingerprint density at radius 2 is 1.76 bits per heavy atom. The molecule has 21 heavy (non-hydrogen) atoms. The Labute approximate surface area is 130 Å². The van der Waals surface area contributed by atoms with Gasteiger partial charge in [0, 0.05) is 22.7 Å². The van der Waals surface area contributed by atoms with E-state index in [0.717, 1.165) is 6.26 Å². The molecule has 0 saturated carbocycles. The maximum atomic E-state index is 13.3. The Morgan fingerprint density at radius 3 is 2.29 bits per heavy atom. The van der Waals surface area contributed by atoms with Crippen LogP contribution in [-0.4, -0.2) is 20.5 Å². The summed E-state index contributed by atoms with van der Waals surface area (Å²) in [7, 11) is -3.28. The molecule has 0 amide bonds.